The fraction of sp³-hybridized carbons (Fsp3) is 0.235. The van der Waals surface area contributed by atoms with E-state index in [0.717, 1.165) is 21.2 Å². The number of benzene rings is 2. The number of hydrogen-bond acceptors (Lipinski definition) is 3. The third kappa shape index (κ3) is 2.61. The van der Waals surface area contributed by atoms with Crippen LogP contribution in [0.1, 0.15) is 32.6 Å². The molecule has 2 aromatic rings. The van der Waals surface area contributed by atoms with Gasteiger partial charge in [-0.1, -0.05) is 28.1 Å². The topological polar surface area (TPSA) is 35.5 Å². The maximum Gasteiger partial charge on any atom is 0.196 e. The van der Waals surface area contributed by atoms with E-state index < -0.39 is 0 Å². The van der Waals surface area contributed by atoms with Gasteiger partial charge in [-0.15, -0.1) is 0 Å². The molecule has 0 bridgehead atoms. The lowest BCUT2D eigenvalue weighted by atomic mass is 9.98. The van der Waals surface area contributed by atoms with Crippen LogP contribution in [-0.4, -0.2) is 12.9 Å². The van der Waals surface area contributed by atoms with Crippen LogP contribution in [0, 0.1) is 6.92 Å². The lowest BCUT2D eigenvalue weighted by Crippen LogP contribution is -2.05. The van der Waals surface area contributed by atoms with E-state index in [1.54, 1.807) is 7.11 Å². The number of fused-ring (bicyclic) bond motifs is 1. The number of halogens is 1. The first-order valence-corrected chi connectivity index (χ1v) is 7.48. The van der Waals surface area contributed by atoms with E-state index in [0.29, 0.717) is 30.1 Å². The van der Waals surface area contributed by atoms with E-state index in [2.05, 4.69) is 15.9 Å². The molecule has 0 fully saturated rings. The maximum absolute atomic E-state index is 12.7. The van der Waals surface area contributed by atoms with Crippen LogP contribution >= 0.6 is 15.9 Å². The van der Waals surface area contributed by atoms with Crippen LogP contribution in [0.5, 0.6) is 5.75 Å². The third-order valence-electron chi connectivity index (χ3n) is 3.71. The molecule has 0 radical (unpaired) electrons. The highest BCUT2D eigenvalue weighted by Crippen LogP contribution is 2.30. The first kappa shape index (κ1) is 14.3. The van der Waals surface area contributed by atoms with Crippen LogP contribution in [0.4, 0.5) is 0 Å². The predicted molar refractivity (Wildman–Crippen MR) is 83.8 cm³/mol. The summed E-state index contributed by atoms with van der Waals surface area (Å²) >= 11 is 3.47. The minimum atomic E-state index is -0.0396. The van der Waals surface area contributed by atoms with E-state index in [4.69, 9.17) is 9.47 Å². The molecule has 0 aliphatic carbocycles. The van der Waals surface area contributed by atoms with Gasteiger partial charge in [-0.2, -0.15) is 0 Å². The molecule has 0 saturated heterocycles. The number of carbonyl (C=O) groups excluding carboxylic acids is 1. The lowest BCUT2D eigenvalue weighted by Gasteiger charge is -2.11. The highest BCUT2D eigenvalue weighted by atomic mass is 79.9. The normalized spacial score (nSPS) is 13.1. The molecule has 0 spiro atoms. The van der Waals surface area contributed by atoms with Gasteiger partial charge in [-0.25, -0.2) is 0 Å². The Kier molecular flexibility index (Phi) is 3.83. The zero-order valence-corrected chi connectivity index (χ0v) is 13.5. The Morgan fingerprint density at radius 3 is 2.71 bits per heavy atom. The summed E-state index contributed by atoms with van der Waals surface area (Å²) in [6, 6.07) is 9.42. The van der Waals surface area contributed by atoms with E-state index >= 15 is 0 Å². The zero-order chi connectivity index (χ0) is 15.0. The minimum Gasteiger partial charge on any atom is -0.496 e. The molecule has 0 atom stereocenters. The van der Waals surface area contributed by atoms with Gasteiger partial charge in [0.2, 0.25) is 0 Å². The molecule has 1 aliphatic heterocycles. The first-order chi connectivity index (χ1) is 10.1. The SMILES string of the molecule is COc1cc(C)c(Br)cc1C(=O)c1ccc2c(c1)COC2. The summed E-state index contributed by atoms with van der Waals surface area (Å²) in [5.41, 5.74) is 4.50. The van der Waals surface area contributed by atoms with Crippen LogP contribution in [0.15, 0.2) is 34.8 Å². The molecule has 0 unspecified atom stereocenters. The van der Waals surface area contributed by atoms with Gasteiger partial charge >= 0.3 is 0 Å². The molecule has 4 heteroatoms. The Morgan fingerprint density at radius 1 is 1.19 bits per heavy atom. The summed E-state index contributed by atoms with van der Waals surface area (Å²) in [5, 5.41) is 0. The van der Waals surface area contributed by atoms with Crippen LogP contribution in [0.25, 0.3) is 0 Å². The predicted octanol–water partition coefficient (Wildman–Crippen LogP) is 4.03. The Labute approximate surface area is 132 Å². The number of aryl methyl sites for hydroxylation is 1. The third-order valence-corrected chi connectivity index (χ3v) is 4.56. The lowest BCUT2D eigenvalue weighted by molar-refractivity contribution is 0.103. The second kappa shape index (κ2) is 5.62. The van der Waals surface area contributed by atoms with Crippen LogP contribution in [-0.2, 0) is 18.0 Å². The van der Waals surface area contributed by atoms with Crippen molar-refractivity contribution in [2.45, 2.75) is 20.1 Å². The molecule has 1 heterocycles. The molecule has 2 aromatic carbocycles. The number of carbonyl (C=O) groups is 1. The maximum atomic E-state index is 12.7. The van der Waals surface area contributed by atoms with Crippen molar-refractivity contribution < 1.29 is 14.3 Å². The van der Waals surface area contributed by atoms with Gasteiger partial charge in [-0.3, -0.25) is 4.79 Å². The largest absolute Gasteiger partial charge is 0.496 e. The van der Waals surface area contributed by atoms with E-state index in [1.807, 2.05) is 37.3 Å². The number of hydrogen-bond donors (Lipinski definition) is 0. The van der Waals surface area contributed by atoms with Crippen molar-refractivity contribution >= 4 is 21.7 Å². The molecule has 0 saturated carbocycles. The van der Waals surface area contributed by atoms with Crippen molar-refractivity contribution in [3.63, 3.8) is 0 Å². The summed E-state index contributed by atoms with van der Waals surface area (Å²) in [6.45, 7) is 3.17. The fourth-order valence-corrected chi connectivity index (χ4v) is 2.81. The van der Waals surface area contributed by atoms with Crippen LogP contribution in [0.2, 0.25) is 0 Å². The molecular formula is C17H15BrO3. The summed E-state index contributed by atoms with van der Waals surface area (Å²) in [4.78, 5) is 12.7. The van der Waals surface area contributed by atoms with Gasteiger partial charge in [-0.05, 0) is 41.8 Å². The van der Waals surface area contributed by atoms with Gasteiger partial charge in [0.15, 0.2) is 5.78 Å². The molecule has 0 aromatic heterocycles. The number of rotatable bonds is 3. The van der Waals surface area contributed by atoms with Crippen molar-refractivity contribution in [2.75, 3.05) is 7.11 Å². The molecular weight excluding hydrogens is 332 g/mol. The van der Waals surface area contributed by atoms with Crippen LogP contribution < -0.4 is 4.74 Å². The van der Waals surface area contributed by atoms with Gasteiger partial charge in [0.05, 0.1) is 25.9 Å². The molecule has 1 aliphatic rings. The van der Waals surface area contributed by atoms with Crippen molar-refractivity contribution in [1.29, 1.82) is 0 Å². The van der Waals surface area contributed by atoms with Crippen LogP contribution in [0.3, 0.4) is 0 Å². The smallest absolute Gasteiger partial charge is 0.196 e. The molecule has 0 N–H and O–H groups in total. The Balaban J connectivity index is 2.04. The number of methoxy groups -OCH3 is 1. The summed E-state index contributed by atoms with van der Waals surface area (Å²) in [7, 11) is 1.58. The summed E-state index contributed by atoms with van der Waals surface area (Å²) in [6.07, 6.45) is 0. The standard InChI is InChI=1S/C17H15BrO3/c1-10-5-16(20-2)14(7-15(10)18)17(19)11-3-4-12-8-21-9-13(12)6-11/h3-7H,8-9H2,1-2H3. The van der Waals surface area contributed by atoms with E-state index in [1.165, 1.54) is 0 Å². The quantitative estimate of drug-likeness (QED) is 0.787. The minimum absolute atomic E-state index is 0.0396. The Hall–Kier alpha value is -1.65. The molecule has 0 amide bonds. The number of ketones is 1. The van der Waals surface area contributed by atoms with Gasteiger partial charge in [0.1, 0.15) is 5.75 Å². The van der Waals surface area contributed by atoms with Gasteiger partial charge in [0.25, 0.3) is 0 Å². The average Bonchev–Trinajstić information content (AvgIpc) is 2.96. The van der Waals surface area contributed by atoms with Crippen molar-refractivity contribution in [3.8, 4) is 5.75 Å². The summed E-state index contributed by atoms with van der Waals surface area (Å²) < 4.78 is 11.6. The summed E-state index contributed by atoms with van der Waals surface area (Å²) in [5.74, 6) is 0.555. The van der Waals surface area contributed by atoms with Crippen molar-refractivity contribution in [3.05, 3.63) is 62.6 Å². The fourth-order valence-electron chi connectivity index (χ4n) is 2.47. The molecule has 3 rings (SSSR count). The highest BCUT2D eigenvalue weighted by Gasteiger charge is 2.19. The average molecular weight is 347 g/mol. The Morgan fingerprint density at radius 2 is 1.95 bits per heavy atom. The second-order valence-corrected chi connectivity index (χ2v) is 5.96. The monoisotopic (exact) mass is 346 g/mol. The highest BCUT2D eigenvalue weighted by molar-refractivity contribution is 9.10. The molecule has 108 valence electrons. The molecule has 3 nitrogen and oxygen atoms in total. The zero-order valence-electron chi connectivity index (χ0n) is 11.9. The molecule has 21 heavy (non-hydrogen) atoms. The van der Waals surface area contributed by atoms with Gasteiger partial charge < -0.3 is 9.47 Å². The van der Waals surface area contributed by atoms with Crippen molar-refractivity contribution in [2.24, 2.45) is 0 Å². The second-order valence-electron chi connectivity index (χ2n) is 5.11. The van der Waals surface area contributed by atoms with Gasteiger partial charge in [0, 0.05) is 10.0 Å². The number of ether oxygens (including phenoxy) is 2. The van der Waals surface area contributed by atoms with E-state index in [-0.39, 0.29) is 5.78 Å². The Bertz CT molecular complexity index is 722. The van der Waals surface area contributed by atoms with E-state index in [9.17, 15) is 4.79 Å². The first-order valence-electron chi connectivity index (χ1n) is 6.68. The van der Waals surface area contributed by atoms with Crippen molar-refractivity contribution in [1.82, 2.24) is 0 Å².